The van der Waals surface area contributed by atoms with Crippen LogP contribution in [0.4, 0.5) is 11.6 Å². The van der Waals surface area contributed by atoms with Gasteiger partial charge in [-0.3, -0.25) is 9.36 Å². The third-order valence-electron chi connectivity index (χ3n) is 5.64. The molecule has 1 N–H and O–H groups in total. The predicted molar refractivity (Wildman–Crippen MR) is 126 cm³/mol. The molecule has 164 valence electrons. The summed E-state index contributed by atoms with van der Waals surface area (Å²) >= 11 is 6.11. The van der Waals surface area contributed by atoms with Gasteiger partial charge in [0.2, 0.25) is 5.95 Å². The topological polar surface area (TPSA) is 76.7 Å². The van der Waals surface area contributed by atoms with Crippen LogP contribution in [0.15, 0.2) is 42.9 Å². The summed E-state index contributed by atoms with van der Waals surface area (Å²) < 4.78 is 3.85. The highest BCUT2D eigenvalue weighted by molar-refractivity contribution is 6.30. The number of hydrogen-bond donors (Lipinski definition) is 1. The van der Waals surface area contributed by atoms with E-state index in [2.05, 4.69) is 34.4 Å². The van der Waals surface area contributed by atoms with Crippen LogP contribution in [0.5, 0.6) is 0 Å². The molecule has 0 saturated heterocycles. The van der Waals surface area contributed by atoms with E-state index in [1.54, 1.807) is 6.20 Å². The average molecular weight is 449 g/mol. The second-order valence-corrected chi connectivity index (χ2v) is 8.73. The van der Waals surface area contributed by atoms with Gasteiger partial charge in [0.25, 0.3) is 0 Å². The lowest BCUT2D eigenvalue weighted by molar-refractivity contribution is 0.373. The number of aromatic nitrogens is 6. The minimum absolute atomic E-state index is 0.551. The predicted octanol–water partition coefficient (Wildman–Crippen LogP) is 3.80. The van der Waals surface area contributed by atoms with Gasteiger partial charge in [0.05, 0.1) is 35.5 Å². The van der Waals surface area contributed by atoms with E-state index in [4.69, 9.17) is 21.7 Å². The first-order valence-corrected chi connectivity index (χ1v) is 11.0. The summed E-state index contributed by atoms with van der Waals surface area (Å²) in [5, 5.41) is 13.2. The lowest BCUT2D eigenvalue weighted by Gasteiger charge is -2.17. The van der Waals surface area contributed by atoms with Crippen LogP contribution >= 0.6 is 11.6 Å². The first-order chi connectivity index (χ1) is 15.5. The number of halogens is 1. The van der Waals surface area contributed by atoms with Crippen LogP contribution in [-0.4, -0.2) is 55.1 Å². The van der Waals surface area contributed by atoms with E-state index in [1.165, 1.54) is 0 Å². The minimum Gasteiger partial charge on any atom is -0.321 e. The Kier molecular flexibility index (Phi) is 5.40. The van der Waals surface area contributed by atoms with Crippen LogP contribution in [0.3, 0.4) is 0 Å². The number of likely N-dealkylation sites (N-methyl/N-ethyl adjacent to an activating group) is 1. The van der Waals surface area contributed by atoms with Crippen LogP contribution in [0.25, 0.3) is 22.5 Å². The van der Waals surface area contributed by atoms with Crippen LogP contribution in [-0.2, 0) is 26.4 Å². The molecule has 5 rings (SSSR count). The van der Waals surface area contributed by atoms with Crippen molar-refractivity contribution in [2.24, 2.45) is 7.05 Å². The molecule has 4 aromatic rings. The van der Waals surface area contributed by atoms with Gasteiger partial charge >= 0.3 is 0 Å². The van der Waals surface area contributed by atoms with E-state index >= 15 is 0 Å². The van der Waals surface area contributed by atoms with Crippen LogP contribution in [0.2, 0.25) is 5.02 Å². The fourth-order valence-corrected chi connectivity index (χ4v) is 4.17. The third-order valence-corrected chi connectivity index (χ3v) is 5.89. The van der Waals surface area contributed by atoms with Crippen molar-refractivity contribution in [1.29, 1.82) is 0 Å². The van der Waals surface area contributed by atoms with Crippen molar-refractivity contribution >= 4 is 23.2 Å². The van der Waals surface area contributed by atoms with E-state index in [9.17, 15) is 0 Å². The van der Waals surface area contributed by atoms with Gasteiger partial charge < -0.3 is 10.2 Å². The fourth-order valence-electron chi connectivity index (χ4n) is 4.04. The quantitative estimate of drug-likeness (QED) is 0.483. The van der Waals surface area contributed by atoms with Gasteiger partial charge in [-0.25, -0.2) is 9.97 Å². The summed E-state index contributed by atoms with van der Waals surface area (Å²) in [7, 11) is 6.08. The van der Waals surface area contributed by atoms with E-state index in [1.807, 2.05) is 53.1 Å². The summed E-state index contributed by atoms with van der Waals surface area (Å²) in [5.41, 5.74) is 7.17. The monoisotopic (exact) mass is 448 g/mol. The number of aryl methyl sites for hydroxylation is 3. The number of fused-ring (bicyclic) bond motifs is 3. The Hall–Kier alpha value is -3.23. The Bertz CT molecular complexity index is 1260. The number of nitrogens with zero attached hydrogens (tertiary/aromatic N) is 7. The zero-order valence-electron chi connectivity index (χ0n) is 18.4. The zero-order chi connectivity index (χ0) is 22.2. The highest BCUT2D eigenvalue weighted by atomic mass is 35.5. The van der Waals surface area contributed by atoms with Crippen molar-refractivity contribution in [2.75, 3.05) is 26.0 Å². The molecule has 1 aromatic carbocycles. The lowest BCUT2D eigenvalue weighted by Crippen LogP contribution is -2.18. The molecule has 1 aliphatic carbocycles. The molecule has 32 heavy (non-hydrogen) atoms. The standard InChI is InChI=1S/C23H25ClN8/c1-30(2)10-11-32-14-18(13-26-32)27-23-25-12-16-6-9-19-20(21(16)28-23)22(31(3)29-19)15-4-7-17(24)8-5-15/h4-5,7-8,12-14H,6,9-11H2,1-3H3,(H,25,27,28). The molecular weight excluding hydrogens is 424 g/mol. The van der Waals surface area contributed by atoms with Crippen LogP contribution in [0.1, 0.15) is 11.3 Å². The Morgan fingerprint density at radius 3 is 2.72 bits per heavy atom. The number of hydrogen-bond acceptors (Lipinski definition) is 6. The van der Waals surface area contributed by atoms with Crippen molar-refractivity contribution in [2.45, 2.75) is 19.4 Å². The maximum Gasteiger partial charge on any atom is 0.227 e. The highest BCUT2D eigenvalue weighted by Gasteiger charge is 2.27. The van der Waals surface area contributed by atoms with Gasteiger partial charge in [0.15, 0.2) is 0 Å². The van der Waals surface area contributed by atoms with Gasteiger partial charge in [-0.15, -0.1) is 0 Å². The summed E-state index contributed by atoms with van der Waals surface area (Å²) in [6.07, 6.45) is 7.44. The maximum atomic E-state index is 6.11. The van der Waals surface area contributed by atoms with Gasteiger partial charge in [0, 0.05) is 42.1 Å². The van der Waals surface area contributed by atoms with Crippen LogP contribution < -0.4 is 5.32 Å². The first-order valence-electron chi connectivity index (χ1n) is 10.6. The molecule has 0 aliphatic heterocycles. The van der Waals surface area contributed by atoms with Gasteiger partial charge in [-0.1, -0.05) is 23.7 Å². The molecule has 9 heteroatoms. The lowest BCUT2D eigenvalue weighted by atomic mass is 9.91. The zero-order valence-corrected chi connectivity index (χ0v) is 19.1. The number of anilines is 2. The van der Waals surface area contributed by atoms with Crippen LogP contribution in [0, 0.1) is 0 Å². The molecule has 1 aliphatic rings. The SMILES string of the molecule is CN(C)CCn1cc(Nc2ncc3c(n2)-c2c(nn(C)c2-c2ccc(Cl)cc2)CC3)cn1. The molecule has 0 atom stereocenters. The van der Waals surface area contributed by atoms with E-state index < -0.39 is 0 Å². The number of benzene rings is 1. The fraction of sp³-hybridized carbons (Fsp3) is 0.304. The van der Waals surface area contributed by atoms with Crippen molar-refractivity contribution < 1.29 is 0 Å². The molecule has 8 nitrogen and oxygen atoms in total. The molecule has 0 saturated carbocycles. The number of rotatable bonds is 6. The minimum atomic E-state index is 0.551. The molecule has 0 unspecified atom stereocenters. The van der Waals surface area contributed by atoms with Crippen molar-refractivity contribution in [3.63, 3.8) is 0 Å². The van der Waals surface area contributed by atoms with E-state index in [0.717, 1.165) is 65.4 Å². The second kappa shape index (κ2) is 8.37. The molecule has 0 spiro atoms. The summed E-state index contributed by atoms with van der Waals surface area (Å²) in [5.74, 6) is 0.551. The maximum absolute atomic E-state index is 6.11. The Morgan fingerprint density at radius 2 is 1.94 bits per heavy atom. The van der Waals surface area contributed by atoms with Gasteiger partial charge in [-0.05, 0) is 44.6 Å². The molecule has 0 radical (unpaired) electrons. The molecule has 3 heterocycles. The second-order valence-electron chi connectivity index (χ2n) is 8.29. The summed E-state index contributed by atoms with van der Waals surface area (Å²) in [6, 6.07) is 7.86. The molecular formula is C23H25ClN8. The molecule has 0 fully saturated rings. The van der Waals surface area contributed by atoms with Gasteiger partial charge in [0.1, 0.15) is 0 Å². The Balaban J connectivity index is 1.48. The van der Waals surface area contributed by atoms with E-state index in [-0.39, 0.29) is 0 Å². The summed E-state index contributed by atoms with van der Waals surface area (Å²) in [4.78, 5) is 11.6. The van der Waals surface area contributed by atoms with Gasteiger partial charge in [-0.2, -0.15) is 10.2 Å². The van der Waals surface area contributed by atoms with Crippen molar-refractivity contribution in [3.05, 3.63) is 59.1 Å². The van der Waals surface area contributed by atoms with E-state index in [0.29, 0.717) is 11.0 Å². The first kappa shape index (κ1) is 20.7. The Labute approximate surface area is 191 Å². The highest BCUT2D eigenvalue weighted by Crippen LogP contribution is 2.39. The largest absolute Gasteiger partial charge is 0.321 e. The van der Waals surface area contributed by atoms with Crippen molar-refractivity contribution in [1.82, 2.24) is 34.4 Å². The third kappa shape index (κ3) is 3.99. The van der Waals surface area contributed by atoms with Crippen molar-refractivity contribution in [3.8, 4) is 22.5 Å². The molecule has 0 amide bonds. The smallest absolute Gasteiger partial charge is 0.227 e. The normalized spacial score (nSPS) is 12.7. The molecule has 3 aromatic heterocycles. The Morgan fingerprint density at radius 1 is 1.12 bits per heavy atom. The average Bonchev–Trinajstić information content (AvgIpc) is 3.36. The number of nitrogens with one attached hydrogen (secondary N) is 1. The molecule has 0 bridgehead atoms. The summed E-state index contributed by atoms with van der Waals surface area (Å²) in [6.45, 7) is 1.75.